The normalized spacial score (nSPS) is 10.3. The molecule has 19 heavy (non-hydrogen) atoms. The van der Waals surface area contributed by atoms with E-state index in [0.717, 1.165) is 0 Å². The second-order valence-corrected chi connectivity index (χ2v) is 4.32. The van der Waals surface area contributed by atoms with E-state index in [4.69, 9.17) is 4.52 Å². The molecule has 0 aromatic carbocycles. The first-order chi connectivity index (χ1) is 9.01. The van der Waals surface area contributed by atoms with Crippen LogP contribution in [0.2, 0.25) is 0 Å². The summed E-state index contributed by atoms with van der Waals surface area (Å²) in [4.78, 5) is 24.8. The van der Waals surface area contributed by atoms with Crippen LogP contribution in [0.3, 0.4) is 0 Å². The van der Waals surface area contributed by atoms with Crippen LogP contribution in [0.1, 0.15) is 41.6 Å². The van der Waals surface area contributed by atoms with Crippen molar-refractivity contribution in [2.45, 2.75) is 33.1 Å². The van der Waals surface area contributed by atoms with Crippen molar-refractivity contribution in [2.75, 3.05) is 20.7 Å². The lowest BCUT2D eigenvalue weighted by Gasteiger charge is -2.16. The van der Waals surface area contributed by atoms with Crippen molar-refractivity contribution in [3.05, 3.63) is 17.0 Å². The Balaban J connectivity index is 2.61. The van der Waals surface area contributed by atoms with Gasteiger partial charge in [-0.2, -0.15) is 0 Å². The Kier molecular flexibility index (Phi) is 5.54. The molecule has 0 fully saturated rings. The Bertz CT molecular complexity index is 453. The first-order valence-corrected chi connectivity index (χ1v) is 6.28. The Morgan fingerprint density at radius 1 is 1.42 bits per heavy atom. The zero-order valence-electron chi connectivity index (χ0n) is 11.9. The van der Waals surface area contributed by atoms with Gasteiger partial charge in [-0.05, 0) is 19.8 Å². The number of aryl methyl sites for hydroxylation is 2. The first-order valence-electron chi connectivity index (χ1n) is 6.28. The zero-order chi connectivity index (χ0) is 14.4. The number of aromatic nitrogens is 1. The van der Waals surface area contributed by atoms with E-state index in [2.05, 4.69) is 9.89 Å². The van der Waals surface area contributed by atoms with Crippen LogP contribution in [0.4, 0.5) is 0 Å². The predicted octanol–water partition coefficient (Wildman–Crippen LogP) is 1.57. The molecule has 1 rings (SSSR count). The SMILES string of the molecule is CCc1noc(C)c1C(=O)N(C)CCCC(=O)OC. The summed E-state index contributed by atoms with van der Waals surface area (Å²) in [6, 6.07) is 0. The van der Waals surface area contributed by atoms with Gasteiger partial charge in [0.05, 0.1) is 12.8 Å². The molecule has 1 amide bonds. The fraction of sp³-hybridized carbons (Fsp3) is 0.615. The van der Waals surface area contributed by atoms with Crippen LogP contribution >= 0.6 is 0 Å². The summed E-state index contributed by atoms with van der Waals surface area (Å²) in [6.07, 6.45) is 1.52. The van der Waals surface area contributed by atoms with Gasteiger partial charge in [0.1, 0.15) is 11.3 Å². The van der Waals surface area contributed by atoms with Crippen molar-refractivity contribution in [1.29, 1.82) is 0 Å². The van der Waals surface area contributed by atoms with Gasteiger partial charge in [-0.3, -0.25) is 9.59 Å². The van der Waals surface area contributed by atoms with Crippen LogP contribution in [-0.2, 0) is 16.0 Å². The van der Waals surface area contributed by atoms with Crippen LogP contribution in [0.15, 0.2) is 4.52 Å². The summed E-state index contributed by atoms with van der Waals surface area (Å²) < 4.78 is 9.60. The van der Waals surface area contributed by atoms with Crippen molar-refractivity contribution < 1.29 is 18.8 Å². The topological polar surface area (TPSA) is 72.6 Å². The highest BCUT2D eigenvalue weighted by molar-refractivity contribution is 5.96. The summed E-state index contributed by atoms with van der Waals surface area (Å²) in [5.41, 5.74) is 1.20. The van der Waals surface area contributed by atoms with Crippen LogP contribution in [0.25, 0.3) is 0 Å². The number of carbonyl (C=O) groups is 2. The maximum Gasteiger partial charge on any atom is 0.305 e. The predicted molar refractivity (Wildman–Crippen MR) is 68.8 cm³/mol. The van der Waals surface area contributed by atoms with E-state index in [1.54, 1.807) is 18.9 Å². The van der Waals surface area contributed by atoms with Gasteiger partial charge < -0.3 is 14.2 Å². The number of esters is 1. The minimum Gasteiger partial charge on any atom is -0.469 e. The highest BCUT2D eigenvalue weighted by Crippen LogP contribution is 2.16. The number of nitrogens with zero attached hydrogens (tertiary/aromatic N) is 2. The first kappa shape index (κ1) is 15.2. The van der Waals surface area contributed by atoms with Gasteiger partial charge in [0.2, 0.25) is 0 Å². The molecule has 0 saturated carbocycles. The van der Waals surface area contributed by atoms with Crippen molar-refractivity contribution in [3.8, 4) is 0 Å². The Morgan fingerprint density at radius 2 is 2.11 bits per heavy atom. The molecule has 0 aliphatic carbocycles. The van der Waals surface area contributed by atoms with E-state index in [1.165, 1.54) is 7.11 Å². The summed E-state index contributed by atoms with van der Waals surface area (Å²) in [5, 5.41) is 3.86. The fourth-order valence-corrected chi connectivity index (χ4v) is 1.79. The Labute approximate surface area is 112 Å². The van der Waals surface area contributed by atoms with Crippen molar-refractivity contribution in [1.82, 2.24) is 10.1 Å². The second kappa shape index (κ2) is 6.92. The lowest BCUT2D eigenvalue weighted by molar-refractivity contribution is -0.140. The number of hydrogen-bond donors (Lipinski definition) is 0. The van der Waals surface area contributed by atoms with Crippen LogP contribution < -0.4 is 0 Å². The van der Waals surface area contributed by atoms with Crippen LogP contribution in [0.5, 0.6) is 0 Å². The van der Waals surface area contributed by atoms with Gasteiger partial charge in [-0.1, -0.05) is 12.1 Å². The summed E-state index contributed by atoms with van der Waals surface area (Å²) in [5.74, 6) is 0.137. The van der Waals surface area contributed by atoms with Gasteiger partial charge in [-0.15, -0.1) is 0 Å². The van der Waals surface area contributed by atoms with E-state index in [1.807, 2.05) is 6.92 Å². The highest BCUT2D eigenvalue weighted by atomic mass is 16.5. The van der Waals surface area contributed by atoms with Gasteiger partial charge in [0.15, 0.2) is 0 Å². The van der Waals surface area contributed by atoms with Crippen LogP contribution in [-0.4, -0.2) is 42.6 Å². The molecule has 106 valence electrons. The van der Waals surface area contributed by atoms with Crippen molar-refractivity contribution in [3.63, 3.8) is 0 Å². The average Bonchev–Trinajstić information content (AvgIpc) is 2.78. The number of amides is 1. The molecule has 0 saturated heterocycles. The molecule has 1 aromatic heterocycles. The number of hydrogen-bond acceptors (Lipinski definition) is 5. The maximum atomic E-state index is 12.3. The summed E-state index contributed by atoms with van der Waals surface area (Å²) >= 11 is 0. The Morgan fingerprint density at radius 3 is 2.68 bits per heavy atom. The fourth-order valence-electron chi connectivity index (χ4n) is 1.79. The third-order valence-electron chi connectivity index (χ3n) is 2.93. The minimum absolute atomic E-state index is 0.125. The molecule has 0 radical (unpaired) electrons. The number of methoxy groups -OCH3 is 1. The minimum atomic E-state index is -0.267. The molecule has 0 unspecified atom stereocenters. The van der Waals surface area contributed by atoms with E-state index in [0.29, 0.717) is 42.8 Å². The molecule has 1 aromatic rings. The largest absolute Gasteiger partial charge is 0.469 e. The molecule has 6 heteroatoms. The third-order valence-corrected chi connectivity index (χ3v) is 2.93. The quantitative estimate of drug-likeness (QED) is 0.732. The summed E-state index contributed by atoms with van der Waals surface area (Å²) in [6.45, 7) is 4.13. The van der Waals surface area contributed by atoms with E-state index < -0.39 is 0 Å². The van der Waals surface area contributed by atoms with Gasteiger partial charge in [0.25, 0.3) is 5.91 Å². The molecular weight excluding hydrogens is 248 g/mol. The van der Waals surface area contributed by atoms with Crippen molar-refractivity contribution >= 4 is 11.9 Å². The second-order valence-electron chi connectivity index (χ2n) is 4.32. The van der Waals surface area contributed by atoms with Gasteiger partial charge in [-0.25, -0.2) is 0 Å². The molecule has 0 aliphatic heterocycles. The monoisotopic (exact) mass is 268 g/mol. The number of rotatable bonds is 6. The molecule has 0 aliphatic rings. The molecule has 0 spiro atoms. The van der Waals surface area contributed by atoms with Crippen LogP contribution in [0, 0.1) is 6.92 Å². The molecule has 0 N–H and O–H groups in total. The van der Waals surface area contributed by atoms with E-state index >= 15 is 0 Å². The van der Waals surface area contributed by atoms with Gasteiger partial charge >= 0.3 is 5.97 Å². The number of carbonyl (C=O) groups excluding carboxylic acids is 2. The lowest BCUT2D eigenvalue weighted by Crippen LogP contribution is -2.29. The highest BCUT2D eigenvalue weighted by Gasteiger charge is 2.22. The van der Waals surface area contributed by atoms with E-state index in [9.17, 15) is 9.59 Å². The molecular formula is C13H20N2O4. The summed E-state index contributed by atoms with van der Waals surface area (Å²) in [7, 11) is 3.05. The zero-order valence-corrected chi connectivity index (χ0v) is 11.9. The average molecular weight is 268 g/mol. The smallest absolute Gasteiger partial charge is 0.305 e. The maximum absolute atomic E-state index is 12.3. The Hall–Kier alpha value is -1.85. The molecule has 0 atom stereocenters. The van der Waals surface area contributed by atoms with Gasteiger partial charge in [0, 0.05) is 20.0 Å². The number of ether oxygens (including phenoxy) is 1. The van der Waals surface area contributed by atoms with E-state index in [-0.39, 0.29) is 11.9 Å². The van der Waals surface area contributed by atoms with Crippen molar-refractivity contribution in [2.24, 2.45) is 0 Å². The molecule has 1 heterocycles. The molecule has 6 nitrogen and oxygen atoms in total. The molecule has 0 bridgehead atoms. The standard InChI is InChI=1S/C13H20N2O4/c1-5-10-12(9(2)19-14-10)13(17)15(3)8-6-7-11(16)18-4/h5-8H2,1-4H3. The third kappa shape index (κ3) is 3.81. The lowest BCUT2D eigenvalue weighted by atomic mass is 10.1.